The summed E-state index contributed by atoms with van der Waals surface area (Å²) in [6.45, 7) is 0. The van der Waals surface area contributed by atoms with E-state index in [1.54, 1.807) is 0 Å². The fourth-order valence-corrected chi connectivity index (χ4v) is 4.68. The van der Waals surface area contributed by atoms with Crippen molar-refractivity contribution in [3.63, 3.8) is 0 Å². The number of anilines is 1. The Labute approximate surface area is 222 Å². The molecular weight excluding hydrogens is 549 g/mol. The maximum Gasteiger partial charge on any atom is 0.416 e. The van der Waals surface area contributed by atoms with Crippen LogP contribution in [0.1, 0.15) is 58.0 Å². The number of rotatable bonds is 4. The van der Waals surface area contributed by atoms with Gasteiger partial charge in [0, 0.05) is 27.8 Å². The molecule has 1 aromatic heterocycles. The standard InChI is InChI=1S/C25H19ClF5N5O3/c26-17-5-4-13(27)9-16(17)21-20-18(10-19(37)33-21)36(24(39)32-15-2-1-3-15)35-22(20)34-23(38)11-6-12(25(29,30)31)8-14(28)7-11/h4-9,15,21H,1-3,10H2,(H,32,39)(H,33,37)(H,34,35,38). The zero-order valence-electron chi connectivity index (χ0n) is 19.8. The molecule has 1 atom stereocenters. The Morgan fingerprint density at radius 3 is 2.49 bits per heavy atom. The number of aromatic nitrogens is 2. The summed E-state index contributed by atoms with van der Waals surface area (Å²) in [6.07, 6.45) is -2.87. The molecule has 0 bridgehead atoms. The number of benzene rings is 2. The Balaban J connectivity index is 1.60. The molecule has 5 rings (SSSR count). The van der Waals surface area contributed by atoms with Crippen LogP contribution in [0.2, 0.25) is 5.02 Å². The second-order valence-electron chi connectivity index (χ2n) is 9.22. The van der Waals surface area contributed by atoms with Gasteiger partial charge in [-0.1, -0.05) is 11.6 Å². The van der Waals surface area contributed by atoms with Crippen LogP contribution in [0, 0.1) is 11.6 Å². The van der Waals surface area contributed by atoms with Gasteiger partial charge in [0.1, 0.15) is 11.6 Å². The number of nitrogens with zero attached hydrogens (tertiary/aromatic N) is 2. The van der Waals surface area contributed by atoms with Crippen molar-refractivity contribution in [2.24, 2.45) is 0 Å². The fourth-order valence-electron chi connectivity index (χ4n) is 4.46. The Morgan fingerprint density at radius 1 is 1.08 bits per heavy atom. The van der Waals surface area contributed by atoms with Gasteiger partial charge in [-0.2, -0.15) is 17.9 Å². The number of hydrogen-bond donors (Lipinski definition) is 3. The minimum Gasteiger partial charge on any atom is -0.345 e. The molecule has 14 heteroatoms. The first kappa shape index (κ1) is 26.6. The van der Waals surface area contributed by atoms with E-state index < -0.39 is 52.8 Å². The lowest BCUT2D eigenvalue weighted by atomic mass is 9.93. The van der Waals surface area contributed by atoms with Crippen molar-refractivity contribution in [2.45, 2.75) is 43.9 Å². The highest BCUT2D eigenvalue weighted by molar-refractivity contribution is 6.31. The van der Waals surface area contributed by atoms with E-state index in [0.717, 1.165) is 36.1 Å². The van der Waals surface area contributed by atoms with Crippen LogP contribution in [0.15, 0.2) is 36.4 Å². The van der Waals surface area contributed by atoms with Crippen LogP contribution in [0.25, 0.3) is 0 Å². The summed E-state index contributed by atoms with van der Waals surface area (Å²) < 4.78 is 68.6. The van der Waals surface area contributed by atoms with Crippen molar-refractivity contribution in [3.8, 4) is 0 Å². The lowest BCUT2D eigenvalue weighted by Crippen LogP contribution is -2.44. The molecule has 2 heterocycles. The summed E-state index contributed by atoms with van der Waals surface area (Å²) in [5.74, 6) is -3.99. The van der Waals surface area contributed by atoms with Crippen LogP contribution in [-0.2, 0) is 17.4 Å². The molecule has 3 aromatic rings. The summed E-state index contributed by atoms with van der Waals surface area (Å²) in [5.41, 5.74) is -1.81. The topological polar surface area (TPSA) is 105 Å². The maximum absolute atomic E-state index is 14.1. The molecule has 0 saturated heterocycles. The molecule has 1 aliphatic heterocycles. The number of hydrogen-bond acceptors (Lipinski definition) is 4. The van der Waals surface area contributed by atoms with Crippen LogP contribution in [0.3, 0.4) is 0 Å². The predicted molar refractivity (Wildman–Crippen MR) is 128 cm³/mol. The Hall–Kier alpha value is -4.00. The quantitative estimate of drug-likeness (QED) is 0.388. The number of halogens is 6. The van der Waals surface area contributed by atoms with Crippen molar-refractivity contribution in [3.05, 3.63) is 81.0 Å². The summed E-state index contributed by atoms with van der Waals surface area (Å²) in [5, 5.41) is 11.9. The molecular formula is C25H19ClF5N5O3. The monoisotopic (exact) mass is 567 g/mol. The number of carbonyl (C=O) groups excluding carboxylic acids is 3. The highest BCUT2D eigenvalue weighted by atomic mass is 35.5. The average Bonchev–Trinajstić information content (AvgIpc) is 3.19. The van der Waals surface area contributed by atoms with Gasteiger partial charge >= 0.3 is 12.2 Å². The van der Waals surface area contributed by atoms with Gasteiger partial charge < -0.3 is 16.0 Å². The van der Waals surface area contributed by atoms with Crippen molar-refractivity contribution in [2.75, 3.05) is 5.32 Å². The van der Waals surface area contributed by atoms with Gasteiger partial charge in [-0.3, -0.25) is 9.59 Å². The zero-order valence-corrected chi connectivity index (χ0v) is 20.6. The minimum atomic E-state index is -4.92. The summed E-state index contributed by atoms with van der Waals surface area (Å²) in [7, 11) is 0. The first-order chi connectivity index (χ1) is 18.4. The van der Waals surface area contributed by atoms with Gasteiger partial charge in [-0.25, -0.2) is 13.6 Å². The van der Waals surface area contributed by atoms with E-state index in [1.807, 2.05) is 0 Å². The highest BCUT2D eigenvalue weighted by Gasteiger charge is 2.37. The van der Waals surface area contributed by atoms with Crippen LogP contribution >= 0.6 is 11.6 Å². The largest absolute Gasteiger partial charge is 0.416 e. The summed E-state index contributed by atoms with van der Waals surface area (Å²) >= 11 is 6.28. The molecule has 1 aliphatic carbocycles. The van der Waals surface area contributed by atoms with Gasteiger partial charge in [0.2, 0.25) is 5.91 Å². The average molecular weight is 568 g/mol. The minimum absolute atomic E-state index is 0.0541. The van der Waals surface area contributed by atoms with Crippen molar-refractivity contribution < 1.29 is 36.3 Å². The van der Waals surface area contributed by atoms with E-state index in [4.69, 9.17) is 11.6 Å². The first-order valence-corrected chi connectivity index (χ1v) is 12.1. The molecule has 1 unspecified atom stereocenters. The molecule has 1 fully saturated rings. The third-order valence-corrected chi connectivity index (χ3v) is 6.90. The second kappa shape index (κ2) is 9.95. The smallest absolute Gasteiger partial charge is 0.345 e. The molecule has 3 amide bonds. The van der Waals surface area contributed by atoms with Crippen LogP contribution in [-0.4, -0.2) is 33.7 Å². The van der Waals surface area contributed by atoms with Crippen molar-refractivity contribution in [1.82, 2.24) is 20.4 Å². The van der Waals surface area contributed by atoms with Gasteiger partial charge in [-0.05, 0) is 55.7 Å². The van der Waals surface area contributed by atoms with E-state index in [1.165, 1.54) is 6.07 Å². The zero-order chi connectivity index (χ0) is 28.1. The SMILES string of the molecule is O=C1Cc2c(c(NC(=O)c3cc(F)cc(C(F)(F)F)c3)nn2C(=O)NC2CCC2)C(c2cc(F)ccc2Cl)N1. The van der Waals surface area contributed by atoms with Crippen LogP contribution in [0.4, 0.5) is 32.6 Å². The Kier molecular flexibility index (Phi) is 6.79. The van der Waals surface area contributed by atoms with Gasteiger partial charge in [0.05, 0.1) is 23.7 Å². The second-order valence-corrected chi connectivity index (χ2v) is 9.63. The lowest BCUT2D eigenvalue weighted by Gasteiger charge is -2.28. The highest BCUT2D eigenvalue weighted by Crippen LogP contribution is 2.38. The molecule has 2 aliphatic rings. The Morgan fingerprint density at radius 2 is 1.82 bits per heavy atom. The normalized spacial score (nSPS) is 17.2. The van der Waals surface area contributed by atoms with Gasteiger partial charge in [-0.15, -0.1) is 5.10 Å². The van der Waals surface area contributed by atoms with E-state index >= 15 is 0 Å². The number of alkyl halides is 3. The number of carbonyl (C=O) groups is 3. The summed E-state index contributed by atoms with van der Waals surface area (Å²) in [4.78, 5) is 38.7. The van der Waals surface area contributed by atoms with Gasteiger partial charge in [0.25, 0.3) is 5.91 Å². The molecule has 3 N–H and O–H groups in total. The fraction of sp³-hybridized carbons (Fsp3) is 0.280. The van der Waals surface area contributed by atoms with Crippen LogP contribution in [0.5, 0.6) is 0 Å². The Bertz CT molecular complexity index is 1500. The van der Waals surface area contributed by atoms with Gasteiger partial charge in [0.15, 0.2) is 5.82 Å². The third-order valence-electron chi connectivity index (χ3n) is 6.56. The maximum atomic E-state index is 14.1. The van der Waals surface area contributed by atoms with Crippen molar-refractivity contribution in [1.29, 1.82) is 0 Å². The number of nitrogens with one attached hydrogen (secondary N) is 3. The van der Waals surface area contributed by atoms with E-state index in [9.17, 15) is 36.3 Å². The van der Waals surface area contributed by atoms with E-state index in [0.29, 0.717) is 12.1 Å². The molecule has 1 saturated carbocycles. The lowest BCUT2D eigenvalue weighted by molar-refractivity contribution is -0.137. The number of fused-ring (bicyclic) bond motifs is 1. The molecule has 39 heavy (non-hydrogen) atoms. The van der Waals surface area contributed by atoms with Crippen molar-refractivity contribution >= 4 is 35.3 Å². The van der Waals surface area contributed by atoms with E-state index in [-0.39, 0.29) is 46.2 Å². The molecule has 0 spiro atoms. The third kappa shape index (κ3) is 5.31. The van der Waals surface area contributed by atoms with E-state index in [2.05, 4.69) is 21.0 Å². The summed E-state index contributed by atoms with van der Waals surface area (Å²) in [6, 6.07) is 2.74. The number of amides is 3. The predicted octanol–water partition coefficient (Wildman–Crippen LogP) is 4.96. The molecule has 0 radical (unpaired) electrons. The molecule has 204 valence electrons. The first-order valence-electron chi connectivity index (χ1n) is 11.8. The van der Waals surface area contributed by atoms with Crippen LogP contribution < -0.4 is 16.0 Å². The molecule has 2 aromatic carbocycles. The molecule has 8 nitrogen and oxygen atoms in total.